The second kappa shape index (κ2) is 5.26. The van der Waals surface area contributed by atoms with Gasteiger partial charge in [0.25, 0.3) is 0 Å². The van der Waals surface area contributed by atoms with Crippen molar-refractivity contribution in [2.75, 3.05) is 0 Å². The molecule has 19 heavy (non-hydrogen) atoms. The Morgan fingerprint density at radius 3 is 1.95 bits per heavy atom. The van der Waals surface area contributed by atoms with E-state index in [1.807, 2.05) is 5.32 Å². The molecular formula is C11H17F3N2O3. The topological polar surface area (TPSA) is 67.4 Å². The molecule has 110 valence electrons. The SMILES string of the molecule is CC(C)(C)OC(=O)N[C@H]1C[C@@H](NC(=O)C(F)(F)F)C1. The fourth-order valence-electron chi connectivity index (χ4n) is 1.60. The van der Waals surface area contributed by atoms with Crippen LogP contribution < -0.4 is 10.6 Å². The molecule has 2 amide bonds. The van der Waals surface area contributed by atoms with E-state index >= 15 is 0 Å². The Morgan fingerprint density at radius 1 is 1.05 bits per heavy atom. The number of rotatable bonds is 2. The standard InChI is InChI=1S/C11H17F3N2O3/c1-10(2,3)19-9(18)16-7-4-6(5-7)15-8(17)11(12,13)14/h6-7H,4-5H2,1-3H3,(H,15,17)(H,16,18)/t6-,7+. The van der Waals surface area contributed by atoms with Crippen LogP contribution in [-0.4, -0.2) is 35.9 Å². The average molecular weight is 282 g/mol. The first kappa shape index (κ1) is 15.6. The molecule has 1 saturated carbocycles. The van der Waals surface area contributed by atoms with Crippen molar-refractivity contribution in [1.29, 1.82) is 0 Å². The summed E-state index contributed by atoms with van der Waals surface area (Å²) in [6.07, 6.45) is -4.95. The molecule has 0 spiro atoms. The quantitative estimate of drug-likeness (QED) is 0.810. The molecule has 0 heterocycles. The number of alkyl halides is 3. The number of halogens is 3. The van der Waals surface area contributed by atoms with Crippen molar-refractivity contribution in [3.63, 3.8) is 0 Å². The Kier molecular flexibility index (Phi) is 4.32. The first-order valence-electron chi connectivity index (χ1n) is 5.84. The number of hydrogen-bond donors (Lipinski definition) is 2. The number of alkyl carbamates (subject to hydrolysis) is 1. The maximum Gasteiger partial charge on any atom is 0.471 e. The number of hydrogen-bond acceptors (Lipinski definition) is 3. The summed E-state index contributed by atoms with van der Waals surface area (Å²) in [5.41, 5.74) is -0.627. The minimum absolute atomic E-state index is 0.265. The smallest absolute Gasteiger partial charge is 0.444 e. The third kappa shape index (κ3) is 5.35. The number of carbonyl (C=O) groups excluding carboxylic acids is 2. The lowest BCUT2D eigenvalue weighted by molar-refractivity contribution is -0.175. The summed E-state index contributed by atoms with van der Waals surface area (Å²) < 4.78 is 40.9. The van der Waals surface area contributed by atoms with Gasteiger partial charge in [-0.05, 0) is 33.6 Å². The van der Waals surface area contributed by atoms with E-state index in [2.05, 4.69) is 5.32 Å². The average Bonchev–Trinajstić information content (AvgIpc) is 2.09. The Bertz CT molecular complexity index is 357. The van der Waals surface area contributed by atoms with Crippen LogP contribution in [0.15, 0.2) is 0 Å². The molecule has 0 aromatic rings. The lowest BCUT2D eigenvalue weighted by atomic mass is 9.87. The van der Waals surface area contributed by atoms with E-state index in [4.69, 9.17) is 4.74 Å². The third-order valence-electron chi connectivity index (χ3n) is 2.45. The zero-order chi connectivity index (χ0) is 14.8. The predicted molar refractivity (Wildman–Crippen MR) is 60.4 cm³/mol. The predicted octanol–water partition coefficient (Wildman–Crippen LogP) is 1.72. The summed E-state index contributed by atoms with van der Waals surface area (Å²) in [7, 11) is 0. The first-order chi connectivity index (χ1) is 8.47. The van der Waals surface area contributed by atoms with Gasteiger partial charge in [-0.3, -0.25) is 4.79 Å². The molecule has 0 radical (unpaired) electrons. The van der Waals surface area contributed by atoms with Gasteiger partial charge in [0, 0.05) is 12.1 Å². The fourth-order valence-corrected chi connectivity index (χ4v) is 1.60. The molecule has 0 aromatic heterocycles. The highest BCUT2D eigenvalue weighted by molar-refractivity contribution is 5.82. The van der Waals surface area contributed by atoms with Gasteiger partial charge >= 0.3 is 18.2 Å². The summed E-state index contributed by atoms with van der Waals surface area (Å²) in [6, 6.07) is -0.831. The maximum absolute atomic E-state index is 12.0. The van der Waals surface area contributed by atoms with Gasteiger partial charge in [0.05, 0.1) is 0 Å². The minimum atomic E-state index is -4.87. The number of nitrogens with one attached hydrogen (secondary N) is 2. The van der Waals surface area contributed by atoms with E-state index in [1.165, 1.54) is 0 Å². The van der Waals surface area contributed by atoms with Crippen molar-refractivity contribution in [3.05, 3.63) is 0 Å². The van der Waals surface area contributed by atoms with Gasteiger partial charge in [-0.1, -0.05) is 0 Å². The Hall–Kier alpha value is -1.47. The van der Waals surface area contributed by atoms with Crippen LogP contribution in [0.1, 0.15) is 33.6 Å². The van der Waals surface area contributed by atoms with E-state index in [0.717, 1.165) is 0 Å². The summed E-state index contributed by atoms with van der Waals surface area (Å²) in [5, 5.41) is 4.37. The van der Waals surface area contributed by atoms with Crippen molar-refractivity contribution in [2.24, 2.45) is 0 Å². The van der Waals surface area contributed by atoms with Crippen LogP contribution in [0.3, 0.4) is 0 Å². The molecular weight excluding hydrogens is 265 g/mol. The molecule has 0 saturated heterocycles. The largest absolute Gasteiger partial charge is 0.471 e. The van der Waals surface area contributed by atoms with Crippen molar-refractivity contribution in [2.45, 2.75) is 57.5 Å². The zero-order valence-electron chi connectivity index (χ0n) is 10.9. The molecule has 0 unspecified atom stereocenters. The van der Waals surface area contributed by atoms with Gasteiger partial charge in [0.15, 0.2) is 0 Å². The highest BCUT2D eigenvalue weighted by Crippen LogP contribution is 2.23. The van der Waals surface area contributed by atoms with Gasteiger partial charge in [0.2, 0.25) is 0 Å². The van der Waals surface area contributed by atoms with Crippen molar-refractivity contribution < 1.29 is 27.5 Å². The highest BCUT2D eigenvalue weighted by Gasteiger charge is 2.42. The van der Waals surface area contributed by atoms with Gasteiger partial charge in [-0.25, -0.2) is 4.79 Å². The van der Waals surface area contributed by atoms with Gasteiger partial charge in [-0.15, -0.1) is 0 Å². The van der Waals surface area contributed by atoms with Crippen LogP contribution in [-0.2, 0) is 9.53 Å². The van der Waals surface area contributed by atoms with Crippen LogP contribution >= 0.6 is 0 Å². The summed E-state index contributed by atoms with van der Waals surface area (Å²) >= 11 is 0. The minimum Gasteiger partial charge on any atom is -0.444 e. The Morgan fingerprint density at radius 2 is 1.53 bits per heavy atom. The van der Waals surface area contributed by atoms with Crippen LogP contribution in [0.5, 0.6) is 0 Å². The van der Waals surface area contributed by atoms with Gasteiger partial charge < -0.3 is 15.4 Å². The molecule has 1 aliphatic carbocycles. The molecule has 1 fully saturated rings. The third-order valence-corrected chi connectivity index (χ3v) is 2.45. The number of carbonyl (C=O) groups is 2. The summed E-state index contributed by atoms with van der Waals surface area (Å²) in [6.45, 7) is 5.12. The maximum atomic E-state index is 12.0. The normalized spacial score (nSPS) is 23.3. The zero-order valence-corrected chi connectivity index (χ0v) is 10.9. The molecule has 2 N–H and O–H groups in total. The van der Waals surface area contributed by atoms with Crippen molar-refractivity contribution in [1.82, 2.24) is 10.6 Å². The van der Waals surface area contributed by atoms with Crippen LogP contribution in [0.25, 0.3) is 0 Å². The lowest BCUT2D eigenvalue weighted by Crippen LogP contribution is -2.56. The van der Waals surface area contributed by atoms with E-state index in [9.17, 15) is 22.8 Å². The monoisotopic (exact) mass is 282 g/mol. The molecule has 1 rings (SSSR count). The molecule has 0 aromatic carbocycles. The van der Waals surface area contributed by atoms with Crippen molar-refractivity contribution >= 4 is 12.0 Å². The number of ether oxygens (including phenoxy) is 1. The second-order valence-electron chi connectivity index (χ2n) is 5.48. The highest BCUT2D eigenvalue weighted by atomic mass is 19.4. The molecule has 0 bridgehead atoms. The number of amides is 2. The Labute approximate surface area is 108 Å². The van der Waals surface area contributed by atoms with E-state index < -0.39 is 29.8 Å². The van der Waals surface area contributed by atoms with E-state index in [1.54, 1.807) is 20.8 Å². The molecule has 5 nitrogen and oxygen atoms in total. The van der Waals surface area contributed by atoms with Gasteiger partial charge in [-0.2, -0.15) is 13.2 Å². The molecule has 0 atom stereocenters. The fraction of sp³-hybridized carbons (Fsp3) is 0.818. The van der Waals surface area contributed by atoms with E-state index in [-0.39, 0.29) is 18.9 Å². The van der Waals surface area contributed by atoms with Crippen LogP contribution in [0, 0.1) is 0 Å². The molecule has 1 aliphatic rings. The Balaban J connectivity index is 2.24. The summed E-state index contributed by atoms with van der Waals surface area (Å²) in [4.78, 5) is 22.0. The summed E-state index contributed by atoms with van der Waals surface area (Å²) in [5.74, 6) is -1.95. The lowest BCUT2D eigenvalue weighted by Gasteiger charge is -2.36. The molecule has 0 aliphatic heterocycles. The van der Waals surface area contributed by atoms with Crippen LogP contribution in [0.4, 0.5) is 18.0 Å². The van der Waals surface area contributed by atoms with Gasteiger partial charge in [0.1, 0.15) is 5.60 Å². The van der Waals surface area contributed by atoms with Crippen molar-refractivity contribution in [3.8, 4) is 0 Å². The second-order valence-corrected chi connectivity index (χ2v) is 5.48. The van der Waals surface area contributed by atoms with Crippen LogP contribution in [0.2, 0.25) is 0 Å². The first-order valence-corrected chi connectivity index (χ1v) is 5.84. The molecule has 8 heteroatoms. The van der Waals surface area contributed by atoms with E-state index in [0.29, 0.717) is 0 Å².